The number of ether oxygens (including phenoxy) is 1. The maximum Gasteiger partial charge on any atom is 0.264 e. The van der Waals surface area contributed by atoms with Gasteiger partial charge in [0.15, 0.2) is 4.34 Å². The molecular formula is C11H13N5O2S2. The molecule has 2 aromatic heterocycles. The zero-order valence-corrected chi connectivity index (χ0v) is 12.5. The van der Waals surface area contributed by atoms with Gasteiger partial charge in [-0.05, 0) is 5.75 Å². The van der Waals surface area contributed by atoms with Gasteiger partial charge < -0.3 is 4.74 Å². The Morgan fingerprint density at radius 3 is 3.35 bits per heavy atom. The van der Waals surface area contributed by atoms with Crippen LogP contribution in [-0.2, 0) is 6.54 Å². The Morgan fingerprint density at radius 1 is 1.60 bits per heavy atom. The molecule has 0 atom stereocenters. The summed E-state index contributed by atoms with van der Waals surface area (Å²) in [7, 11) is 0. The highest BCUT2D eigenvalue weighted by Crippen LogP contribution is 2.27. The number of amides is 1. The number of hydrogen-bond acceptors (Lipinski definition) is 7. The van der Waals surface area contributed by atoms with Crippen LogP contribution < -0.4 is 10.1 Å². The number of nitrogens with zero attached hydrogens (tertiary/aromatic N) is 4. The molecular weight excluding hydrogens is 298 g/mol. The van der Waals surface area contributed by atoms with Gasteiger partial charge in [0.25, 0.3) is 5.91 Å². The largest absolute Gasteiger partial charge is 0.477 e. The van der Waals surface area contributed by atoms with E-state index in [1.54, 1.807) is 16.4 Å². The molecule has 0 saturated heterocycles. The average Bonchev–Trinajstić information content (AvgIpc) is 3.06. The van der Waals surface area contributed by atoms with Crippen molar-refractivity contribution in [2.75, 3.05) is 17.7 Å². The Hall–Kier alpha value is -1.61. The highest BCUT2D eigenvalue weighted by Gasteiger charge is 2.22. The minimum Gasteiger partial charge on any atom is -0.477 e. The fourth-order valence-electron chi connectivity index (χ4n) is 1.83. The van der Waals surface area contributed by atoms with E-state index < -0.39 is 0 Å². The molecule has 0 aromatic carbocycles. The summed E-state index contributed by atoms with van der Waals surface area (Å²) in [6, 6.07) is 0. The lowest BCUT2D eigenvalue weighted by Gasteiger charge is -2.15. The number of carbonyl (C=O) groups excluding carboxylic acids is 1. The highest BCUT2D eigenvalue weighted by molar-refractivity contribution is 8.01. The molecule has 0 spiro atoms. The topological polar surface area (TPSA) is 81.9 Å². The number of nitrogens with one attached hydrogen (secondary N) is 1. The van der Waals surface area contributed by atoms with Crippen LogP contribution in [0.2, 0.25) is 0 Å². The van der Waals surface area contributed by atoms with E-state index >= 15 is 0 Å². The van der Waals surface area contributed by atoms with E-state index in [0.717, 1.165) is 23.1 Å². The van der Waals surface area contributed by atoms with Crippen LogP contribution in [0, 0.1) is 0 Å². The van der Waals surface area contributed by atoms with Gasteiger partial charge in [-0.25, -0.2) is 4.68 Å². The predicted octanol–water partition coefficient (Wildman–Crippen LogP) is 1.88. The van der Waals surface area contributed by atoms with Gasteiger partial charge in [-0.1, -0.05) is 30.0 Å². The summed E-state index contributed by atoms with van der Waals surface area (Å²) in [6.45, 7) is 3.43. The summed E-state index contributed by atoms with van der Waals surface area (Å²) in [5, 5.41) is 15.3. The smallest absolute Gasteiger partial charge is 0.264 e. The van der Waals surface area contributed by atoms with Gasteiger partial charge in [0.2, 0.25) is 11.0 Å². The number of aryl methyl sites for hydroxylation is 1. The van der Waals surface area contributed by atoms with Crippen molar-refractivity contribution in [1.29, 1.82) is 0 Å². The number of thioether (sulfide) groups is 1. The van der Waals surface area contributed by atoms with Crippen LogP contribution in [0.25, 0.3) is 0 Å². The first-order chi connectivity index (χ1) is 9.78. The van der Waals surface area contributed by atoms with Crippen LogP contribution in [0.3, 0.4) is 0 Å². The molecule has 3 heterocycles. The Kier molecular flexibility index (Phi) is 3.88. The second kappa shape index (κ2) is 5.80. The van der Waals surface area contributed by atoms with E-state index in [1.807, 2.05) is 6.92 Å². The SMILES string of the molecule is CCSc1nnc(NC(=O)c2cnn3c2OCCC3)s1. The van der Waals surface area contributed by atoms with Crippen molar-refractivity contribution in [3.8, 4) is 5.88 Å². The lowest BCUT2D eigenvalue weighted by Crippen LogP contribution is -2.18. The molecule has 9 heteroatoms. The second-order valence-corrected chi connectivity index (χ2v) is 6.54. The zero-order valence-electron chi connectivity index (χ0n) is 10.8. The van der Waals surface area contributed by atoms with Crippen LogP contribution in [0.5, 0.6) is 5.88 Å². The van der Waals surface area contributed by atoms with Crippen LogP contribution in [0.1, 0.15) is 23.7 Å². The number of hydrogen-bond donors (Lipinski definition) is 1. The monoisotopic (exact) mass is 311 g/mol. The number of fused-ring (bicyclic) bond motifs is 1. The van der Waals surface area contributed by atoms with Crippen LogP contribution in [0.4, 0.5) is 5.13 Å². The Morgan fingerprint density at radius 2 is 2.50 bits per heavy atom. The fraction of sp³-hybridized carbons (Fsp3) is 0.455. The number of anilines is 1. The molecule has 0 fully saturated rings. The number of carbonyl (C=O) groups is 1. The first-order valence-electron chi connectivity index (χ1n) is 6.24. The van der Waals surface area contributed by atoms with Gasteiger partial charge in [-0.3, -0.25) is 10.1 Å². The van der Waals surface area contributed by atoms with Gasteiger partial charge in [-0.2, -0.15) is 5.10 Å². The summed E-state index contributed by atoms with van der Waals surface area (Å²) in [6.07, 6.45) is 2.43. The maximum atomic E-state index is 12.2. The van der Waals surface area contributed by atoms with E-state index in [0.29, 0.717) is 23.2 Å². The standard InChI is InChI=1S/C11H13N5O2S2/c1-2-19-11-15-14-10(20-11)13-8(17)7-6-12-16-4-3-5-18-9(7)16/h6H,2-5H2,1H3,(H,13,14,17). The maximum absolute atomic E-state index is 12.2. The summed E-state index contributed by atoms with van der Waals surface area (Å²) >= 11 is 2.96. The Balaban J connectivity index is 1.74. The van der Waals surface area contributed by atoms with E-state index in [9.17, 15) is 4.79 Å². The second-order valence-electron chi connectivity index (χ2n) is 4.05. The van der Waals surface area contributed by atoms with Crippen LogP contribution in [0.15, 0.2) is 10.5 Å². The Labute approximate surface area is 123 Å². The van der Waals surface area contributed by atoms with Gasteiger partial charge in [0, 0.05) is 13.0 Å². The minimum atomic E-state index is -0.266. The van der Waals surface area contributed by atoms with Crippen molar-refractivity contribution in [1.82, 2.24) is 20.0 Å². The average molecular weight is 311 g/mol. The zero-order chi connectivity index (χ0) is 13.9. The van der Waals surface area contributed by atoms with E-state index in [1.165, 1.54) is 17.5 Å². The normalized spacial score (nSPS) is 13.7. The summed E-state index contributed by atoms with van der Waals surface area (Å²) in [5.41, 5.74) is 0.435. The molecule has 1 N–H and O–H groups in total. The lowest BCUT2D eigenvalue weighted by atomic mass is 10.3. The molecule has 0 aliphatic carbocycles. The lowest BCUT2D eigenvalue weighted by molar-refractivity contribution is 0.102. The predicted molar refractivity (Wildman–Crippen MR) is 76.6 cm³/mol. The molecule has 106 valence electrons. The molecule has 0 unspecified atom stereocenters. The van der Waals surface area contributed by atoms with Crippen molar-refractivity contribution >= 4 is 34.1 Å². The molecule has 3 rings (SSSR count). The molecule has 0 radical (unpaired) electrons. The van der Waals surface area contributed by atoms with Crippen molar-refractivity contribution in [2.45, 2.75) is 24.2 Å². The van der Waals surface area contributed by atoms with Crippen LogP contribution in [-0.4, -0.2) is 38.2 Å². The van der Waals surface area contributed by atoms with Crippen molar-refractivity contribution in [3.05, 3.63) is 11.8 Å². The van der Waals surface area contributed by atoms with E-state index in [4.69, 9.17) is 4.74 Å². The molecule has 7 nitrogen and oxygen atoms in total. The highest BCUT2D eigenvalue weighted by atomic mass is 32.2. The third-order valence-electron chi connectivity index (χ3n) is 2.68. The van der Waals surface area contributed by atoms with Crippen LogP contribution >= 0.6 is 23.1 Å². The molecule has 20 heavy (non-hydrogen) atoms. The number of aromatic nitrogens is 4. The third kappa shape index (κ3) is 2.63. The number of rotatable bonds is 4. The van der Waals surface area contributed by atoms with Gasteiger partial charge in [0.05, 0.1) is 12.8 Å². The quantitative estimate of drug-likeness (QED) is 0.686. The molecule has 1 amide bonds. The summed E-state index contributed by atoms with van der Waals surface area (Å²) < 4.78 is 8.05. The molecule has 0 bridgehead atoms. The summed E-state index contributed by atoms with van der Waals surface area (Å²) in [5.74, 6) is 1.19. The van der Waals surface area contributed by atoms with Gasteiger partial charge in [0.1, 0.15) is 5.56 Å². The molecule has 2 aromatic rings. The summed E-state index contributed by atoms with van der Waals surface area (Å²) in [4.78, 5) is 12.2. The van der Waals surface area contributed by atoms with Crippen molar-refractivity contribution < 1.29 is 9.53 Å². The third-order valence-corrected chi connectivity index (χ3v) is 4.54. The molecule has 0 saturated carbocycles. The van der Waals surface area contributed by atoms with E-state index in [-0.39, 0.29) is 5.91 Å². The van der Waals surface area contributed by atoms with Crippen molar-refractivity contribution in [3.63, 3.8) is 0 Å². The van der Waals surface area contributed by atoms with Gasteiger partial charge in [-0.15, -0.1) is 10.2 Å². The fourth-order valence-corrected chi connectivity index (χ4v) is 3.48. The first-order valence-corrected chi connectivity index (χ1v) is 8.04. The van der Waals surface area contributed by atoms with Gasteiger partial charge >= 0.3 is 0 Å². The molecule has 1 aliphatic heterocycles. The minimum absolute atomic E-state index is 0.266. The molecule has 1 aliphatic rings. The Bertz CT molecular complexity index is 624. The first kappa shape index (κ1) is 13.4. The van der Waals surface area contributed by atoms with Crippen molar-refractivity contribution in [2.24, 2.45) is 0 Å². The van der Waals surface area contributed by atoms with E-state index in [2.05, 4.69) is 20.6 Å².